The maximum Gasteiger partial charge on any atom is 0.223 e. The molecule has 0 N–H and O–H groups in total. The van der Waals surface area contributed by atoms with Crippen LogP contribution >= 0.6 is 0 Å². The van der Waals surface area contributed by atoms with Crippen molar-refractivity contribution in [2.24, 2.45) is 0 Å². The van der Waals surface area contributed by atoms with Crippen LogP contribution < -0.4 is 4.90 Å². The molecule has 0 radical (unpaired) electrons. The van der Waals surface area contributed by atoms with Crippen molar-refractivity contribution in [3.8, 4) is 0 Å². The molecule has 0 saturated carbocycles. The van der Waals surface area contributed by atoms with Crippen LogP contribution in [-0.4, -0.2) is 27.6 Å². The van der Waals surface area contributed by atoms with E-state index in [1.54, 1.807) is 0 Å². The van der Waals surface area contributed by atoms with Gasteiger partial charge in [0.25, 0.3) is 0 Å². The summed E-state index contributed by atoms with van der Waals surface area (Å²) in [6, 6.07) is 3.68. The van der Waals surface area contributed by atoms with Crippen LogP contribution in [0.1, 0.15) is 6.92 Å². The largest absolute Gasteiger partial charge is 0.312 e. The minimum atomic E-state index is -3.57. The number of carbonyl (C=O) groups excluding carboxylic acids is 1. The molecule has 0 aliphatic heterocycles. The smallest absolute Gasteiger partial charge is 0.223 e. The molecule has 88 valence electrons. The molecule has 6 heteroatoms. The minimum absolute atomic E-state index is 0.190. The van der Waals surface area contributed by atoms with E-state index in [0.29, 0.717) is 0 Å². The van der Waals surface area contributed by atoms with Crippen molar-refractivity contribution < 1.29 is 17.6 Å². The van der Waals surface area contributed by atoms with Gasteiger partial charge in [0.05, 0.1) is 10.6 Å². The molecule has 0 heterocycles. The van der Waals surface area contributed by atoms with Gasteiger partial charge in [-0.05, 0) is 12.1 Å². The topological polar surface area (TPSA) is 54.5 Å². The number of halogens is 1. The second-order valence-corrected chi connectivity index (χ2v) is 5.42. The molecule has 0 atom stereocenters. The molecule has 1 rings (SSSR count). The first kappa shape index (κ1) is 12.6. The van der Waals surface area contributed by atoms with Crippen molar-refractivity contribution >= 4 is 21.4 Å². The summed E-state index contributed by atoms with van der Waals surface area (Å²) in [5, 5.41) is 0. The molecule has 1 aromatic rings. The molecular formula is C10H12FNO3S. The van der Waals surface area contributed by atoms with Gasteiger partial charge in [-0.3, -0.25) is 4.79 Å². The maximum absolute atomic E-state index is 13.5. The van der Waals surface area contributed by atoms with Gasteiger partial charge in [0.15, 0.2) is 9.84 Å². The van der Waals surface area contributed by atoms with Crippen LogP contribution in [0.3, 0.4) is 0 Å². The molecule has 16 heavy (non-hydrogen) atoms. The first-order chi connectivity index (χ1) is 7.25. The third kappa shape index (κ3) is 2.38. The molecule has 4 nitrogen and oxygen atoms in total. The minimum Gasteiger partial charge on any atom is -0.312 e. The van der Waals surface area contributed by atoms with Crippen molar-refractivity contribution in [3.05, 3.63) is 24.0 Å². The standard InChI is InChI=1S/C10H12FNO3S/c1-7(13)12(2)10-8(11)5-4-6-9(10)16(3,14)15/h4-6H,1-3H3. The highest BCUT2D eigenvalue weighted by Gasteiger charge is 2.21. The number of benzene rings is 1. The van der Waals surface area contributed by atoms with Crippen molar-refractivity contribution in [2.45, 2.75) is 11.8 Å². The van der Waals surface area contributed by atoms with Crippen LogP contribution in [0.25, 0.3) is 0 Å². The Morgan fingerprint density at radius 3 is 2.38 bits per heavy atom. The van der Waals surface area contributed by atoms with Crippen molar-refractivity contribution in [2.75, 3.05) is 18.2 Å². The van der Waals surface area contributed by atoms with Crippen LogP contribution in [0, 0.1) is 5.82 Å². The molecular weight excluding hydrogens is 233 g/mol. The fourth-order valence-corrected chi connectivity index (χ4v) is 2.19. The van der Waals surface area contributed by atoms with Gasteiger partial charge in [-0.1, -0.05) is 6.07 Å². The summed E-state index contributed by atoms with van der Waals surface area (Å²) in [7, 11) is -2.24. The van der Waals surface area contributed by atoms with E-state index < -0.39 is 21.6 Å². The molecule has 0 fully saturated rings. The van der Waals surface area contributed by atoms with Gasteiger partial charge in [0.1, 0.15) is 5.82 Å². The molecule has 0 saturated heterocycles. The Morgan fingerprint density at radius 2 is 1.94 bits per heavy atom. The number of hydrogen-bond acceptors (Lipinski definition) is 3. The van der Waals surface area contributed by atoms with Gasteiger partial charge in [0.2, 0.25) is 5.91 Å². The molecule has 0 aliphatic rings. The second-order valence-electron chi connectivity index (χ2n) is 3.44. The highest BCUT2D eigenvalue weighted by Crippen LogP contribution is 2.27. The van der Waals surface area contributed by atoms with Crippen LogP contribution in [0.4, 0.5) is 10.1 Å². The zero-order chi connectivity index (χ0) is 12.5. The Balaban J connectivity index is 3.53. The molecule has 0 aliphatic carbocycles. The van der Waals surface area contributed by atoms with E-state index in [-0.39, 0.29) is 10.6 Å². The number of carbonyl (C=O) groups is 1. The lowest BCUT2D eigenvalue weighted by molar-refractivity contribution is -0.116. The van der Waals surface area contributed by atoms with Gasteiger partial charge in [0, 0.05) is 20.2 Å². The molecule has 0 spiro atoms. The number of rotatable bonds is 2. The molecule has 1 amide bonds. The summed E-state index contributed by atoms with van der Waals surface area (Å²) in [5.74, 6) is -1.17. The quantitative estimate of drug-likeness (QED) is 0.787. The number of anilines is 1. The Labute approximate surface area is 93.6 Å². The average Bonchev–Trinajstić information content (AvgIpc) is 2.14. The lowest BCUT2D eigenvalue weighted by Crippen LogP contribution is -2.25. The van der Waals surface area contributed by atoms with Crippen LogP contribution in [0.15, 0.2) is 23.1 Å². The Hall–Kier alpha value is -1.43. The van der Waals surface area contributed by atoms with Gasteiger partial charge >= 0.3 is 0 Å². The van der Waals surface area contributed by atoms with Gasteiger partial charge < -0.3 is 4.90 Å². The first-order valence-corrected chi connectivity index (χ1v) is 6.37. The van der Waals surface area contributed by atoms with E-state index in [9.17, 15) is 17.6 Å². The average molecular weight is 245 g/mol. The predicted molar refractivity (Wildman–Crippen MR) is 58.6 cm³/mol. The first-order valence-electron chi connectivity index (χ1n) is 4.48. The number of para-hydroxylation sites is 1. The Bertz CT molecular complexity index is 525. The molecule has 1 aromatic carbocycles. The summed E-state index contributed by atoms with van der Waals surface area (Å²) in [6.07, 6.45) is 0.971. The number of hydrogen-bond donors (Lipinski definition) is 0. The van der Waals surface area contributed by atoms with Crippen LogP contribution in [0.5, 0.6) is 0 Å². The van der Waals surface area contributed by atoms with Crippen molar-refractivity contribution in [3.63, 3.8) is 0 Å². The Morgan fingerprint density at radius 1 is 1.38 bits per heavy atom. The number of nitrogens with zero attached hydrogens (tertiary/aromatic N) is 1. The highest BCUT2D eigenvalue weighted by molar-refractivity contribution is 7.90. The number of sulfone groups is 1. The fourth-order valence-electron chi connectivity index (χ4n) is 1.28. The predicted octanol–water partition coefficient (Wildman–Crippen LogP) is 1.21. The molecule has 0 unspecified atom stereocenters. The SMILES string of the molecule is CC(=O)N(C)c1c(F)cccc1S(C)(=O)=O. The Kier molecular flexibility index (Phi) is 3.32. The summed E-state index contributed by atoms with van der Waals surface area (Å²) in [4.78, 5) is 11.9. The summed E-state index contributed by atoms with van der Waals surface area (Å²) < 4.78 is 36.4. The second kappa shape index (κ2) is 4.21. The van der Waals surface area contributed by atoms with E-state index in [1.807, 2.05) is 0 Å². The highest BCUT2D eigenvalue weighted by atomic mass is 32.2. The monoisotopic (exact) mass is 245 g/mol. The third-order valence-electron chi connectivity index (χ3n) is 2.16. The zero-order valence-electron chi connectivity index (χ0n) is 9.19. The third-order valence-corrected chi connectivity index (χ3v) is 3.29. The lowest BCUT2D eigenvalue weighted by Gasteiger charge is -2.18. The van der Waals surface area contributed by atoms with Crippen molar-refractivity contribution in [1.29, 1.82) is 0 Å². The maximum atomic E-state index is 13.5. The van der Waals surface area contributed by atoms with E-state index in [4.69, 9.17) is 0 Å². The normalized spacial score (nSPS) is 11.2. The summed E-state index contributed by atoms with van der Waals surface area (Å²) in [5.41, 5.74) is -0.211. The van der Waals surface area contributed by atoms with E-state index in [2.05, 4.69) is 0 Å². The van der Waals surface area contributed by atoms with Crippen LogP contribution in [0.2, 0.25) is 0 Å². The summed E-state index contributed by atoms with van der Waals surface area (Å²) >= 11 is 0. The van der Waals surface area contributed by atoms with Gasteiger partial charge in [-0.2, -0.15) is 0 Å². The van der Waals surface area contributed by atoms with E-state index in [1.165, 1.54) is 26.1 Å². The lowest BCUT2D eigenvalue weighted by atomic mass is 10.3. The summed E-state index contributed by atoms with van der Waals surface area (Å²) in [6.45, 7) is 1.23. The fraction of sp³-hybridized carbons (Fsp3) is 0.300. The zero-order valence-corrected chi connectivity index (χ0v) is 10.0. The van der Waals surface area contributed by atoms with E-state index in [0.717, 1.165) is 17.2 Å². The van der Waals surface area contributed by atoms with Gasteiger partial charge in [-0.15, -0.1) is 0 Å². The van der Waals surface area contributed by atoms with Gasteiger partial charge in [-0.25, -0.2) is 12.8 Å². The molecule has 0 bridgehead atoms. The molecule has 0 aromatic heterocycles. The van der Waals surface area contributed by atoms with E-state index >= 15 is 0 Å². The van der Waals surface area contributed by atoms with Crippen molar-refractivity contribution in [1.82, 2.24) is 0 Å². The number of amides is 1. The van der Waals surface area contributed by atoms with Crippen LogP contribution in [-0.2, 0) is 14.6 Å².